The number of hydrogen-bond acceptors (Lipinski definition) is 5. The molecule has 6 nitrogen and oxygen atoms in total. The van der Waals surface area contributed by atoms with Crippen molar-refractivity contribution in [3.8, 4) is 11.5 Å². The van der Waals surface area contributed by atoms with E-state index in [0.29, 0.717) is 5.56 Å². The molecule has 0 aliphatic carbocycles. The fourth-order valence-corrected chi connectivity index (χ4v) is 1.35. The van der Waals surface area contributed by atoms with Crippen molar-refractivity contribution >= 4 is 17.3 Å². The van der Waals surface area contributed by atoms with Crippen molar-refractivity contribution in [2.75, 3.05) is 0 Å². The molecule has 0 aliphatic heterocycles. The second kappa shape index (κ2) is 4.50. The Labute approximate surface area is 101 Å². The highest BCUT2D eigenvalue weighted by Gasteiger charge is 2.14. The molecular weight excluding hydrogens is 246 g/mol. The molecule has 2 rings (SSSR count). The van der Waals surface area contributed by atoms with Gasteiger partial charge in [-0.3, -0.25) is 10.1 Å². The maximum absolute atomic E-state index is 10.6. The van der Waals surface area contributed by atoms with Crippen LogP contribution in [0.4, 0.5) is 5.69 Å². The first-order valence-corrected chi connectivity index (χ1v) is 5.24. The van der Waals surface area contributed by atoms with Gasteiger partial charge in [0.1, 0.15) is 5.38 Å². The Morgan fingerprint density at radius 1 is 1.47 bits per heavy atom. The van der Waals surface area contributed by atoms with Gasteiger partial charge in [0.2, 0.25) is 11.8 Å². The average molecular weight is 254 g/mol. The highest BCUT2D eigenvalue weighted by molar-refractivity contribution is 6.20. The van der Waals surface area contributed by atoms with Crippen molar-refractivity contribution < 1.29 is 9.34 Å². The lowest BCUT2D eigenvalue weighted by Gasteiger charge is -1.95. The molecule has 0 bridgehead atoms. The van der Waals surface area contributed by atoms with Gasteiger partial charge in [0.25, 0.3) is 5.69 Å². The van der Waals surface area contributed by atoms with E-state index in [0.717, 1.165) is 0 Å². The van der Waals surface area contributed by atoms with Crippen molar-refractivity contribution in [1.29, 1.82) is 0 Å². The zero-order valence-corrected chi connectivity index (χ0v) is 9.59. The largest absolute Gasteiger partial charge is 0.419 e. The summed E-state index contributed by atoms with van der Waals surface area (Å²) in [7, 11) is 0. The predicted octanol–water partition coefficient (Wildman–Crippen LogP) is 2.94. The zero-order chi connectivity index (χ0) is 12.4. The van der Waals surface area contributed by atoms with Crippen molar-refractivity contribution in [3.63, 3.8) is 0 Å². The molecule has 0 saturated carbocycles. The minimum Gasteiger partial charge on any atom is -0.419 e. The van der Waals surface area contributed by atoms with Crippen LogP contribution in [-0.2, 0) is 0 Å². The van der Waals surface area contributed by atoms with E-state index in [1.54, 1.807) is 19.1 Å². The van der Waals surface area contributed by atoms with E-state index >= 15 is 0 Å². The standard InChI is InChI=1S/C10H8ClN3O3/c1-6(11)9-12-13-10(17-9)7-3-2-4-8(5-7)14(15)16/h2-6H,1H3. The van der Waals surface area contributed by atoms with Crippen LogP contribution in [0.3, 0.4) is 0 Å². The predicted molar refractivity (Wildman–Crippen MR) is 60.7 cm³/mol. The number of hydrogen-bond donors (Lipinski definition) is 0. The Morgan fingerprint density at radius 3 is 2.82 bits per heavy atom. The second-order valence-electron chi connectivity index (χ2n) is 3.37. The summed E-state index contributed by atoms with van der Waals surface area (Å²) < 4.78 is 5.29. The summed E-state index contributed by atoms with van der Waals surface area (Å²) in [4.78, 5) is 10.1. The van der Waals surface area contributed by atoms with E-state index in [9.17, 15) is 10.1 Å². The average Bonchev–Trinajstić information content (AvgIpc) is 2.78. The number of nitro benzene ring substituents is 1. The van der Waals surface area contributed by atoms with E-state index in [-0.39, 0.29) is 17.5 Å². The molecular formula is C10H8ClN3O3. The summed E-state index contributed by atoms with van der Waals surface area (Å²) in [5.41, 5.74) is 0.469. The second-order valence-corrected chi connectivity index (χ2v) is 4.02. The van der Waals surface area contributed by atoms with Crippen molar-refractivity contribution in [2.45, 2.75) is 12.3 Å². The van der Waals surface area contributed by atoms with Crippen LogP contribution in [0.1, 0.15) is 18.2 Å². The fourth-order valence-electron chi connectivity index (χ4n) is 1.26. The fraction of sp³-hybridized carbons (Fsp3) is 0.200. The van der Waals surface area contributed by atoms with Gasteiger partial charge >= 0.3 is 0 Å². The van der Waals surface area contributed by atoms with E-state index in [1.807, 2.05) is 0 Å². The molecule has 88 valence electrons. The van der Waals surface area contributed by atoms with Crippen LogP contribution in [0, 0.1) is 10.1 Å². The highest BCUT2D eigenvalue weighted by atomic mass is 35.5. The molecule has 0 aliphatic rings. The first-order valence-electron chi connectivity index (χ1n) is 4.80. The number of aromatic nitrogens is 2. The smallest absolute Gasteiger partial charge is 0.270 e. The number of nitrogens with zero attached hydrogens (tertiary/aromatic N) is 3. The van der Waals surface area contributed by atoms with Crippen molar-refractivity contribution in [1.82, 2.24) is 10.2 Å². The molecule has 1 aromatic carbocycles. The summed E-state index contributed by atoms with van der Waals surface area (Å²) >= 11 is 5.78. The molecule has 17 heavy (non-hydrogen) atoms. The van der Waals surface area contributed by atoms with E-state index < -0.39 is 10.3 Å². The lowest BCUT2D eigenvalue weighted by atomic mass is 10.2. The Morgan fingerprint density at radius 2 is 2.24 bits per heavy atom. The van der Waals surface area contributed by atoms with Crippen molar-refractivity contribution in [3.05, 3.63) is 40.3 Å². The Balaban J connectivity index is 2.38. The summed E-state index contributed by atoms with van der Waals surface area (Å²) in [6, 6.07) is 5.98. The minimum absolute atomic E-state index is 0.0267. The van der Waals surface area contributed by atoms with Gasteiger partial charge in [-0.25, -0.2) is 0 Å². The van der Waals surface area contributed by atoms with Crippen LogP contribution < -0.4 is 0 Å². The van der Waals surface area contributed by atoms with Gasteiger partial charge in [0, 0.05) is 17.7 Å². The molecule has 0 radical (unpaired) electrons. The van der Waals surface area contributed by atoms with E-state index in [2.05, 4.69) is 10.2 Å². The summed E-state index contributed by atoms with van der Waals surface area (Å²) in [5, 5.41) is 17.8. The molecule has 2 aromatic rings. The maximum atomic E-state index is 10.6. The number of benzene rings is 1. The van der Waals surface area contributed by atoms with Crippen LogP contribution in [0.25, 0.3) is 11.5 Å². The lowest BCUT2D eigenvalue weighted by Crippen LogP contribution is -1.88. The highest BCUT2D eigenvalue weighted by Crippen LogP contribution is 2.25. The van der Waals surface area contributed by atoms with E-state index in [4.69, 9.17) is 16.0 Å². The van der Waals surface area contributed by atoms with Gasteiger partial charge in [-0.2, -0.15) is 0 Å². The topological polar surface area (TPSA) is 82.1 Å². The number of rotatable bonds is 3. The summed E-state index contributed by atoms with van der Waals surface area (Å²) in [5.74, 6) is 0.504. The van der Waals surface area contributed by atoms with Gasteiger partial charge in [0.15, 0.2) is 0 Å². The zero-order valence-electron chi connectivity index (χ0n) is 8.83. The minimum atomic E-state index is -0.481. The molecule has 0 amide bonds. The number of non-ortho nitro benzene ring substituents is 1. The third-order valence-corrected chi connectivity index (χ3v) is 2.27. The monoisotopic (exact) mass is 253 g/mol. The number of nitro groups is 1. The molecule has 0 spiro atoms. The third-order valence-electron chi connectivity index (χ3n) is 2.08. The summed E-state index contributed by atoms with van der Waals surface area (Å²) in [6.07, 6.45) is 0. The van der Waals surface area contributed by atoms with Crippen LogP contribution in [0.2, 0.25) is 0 Å². The lowest BCUT2D eigenvalue weighted by molar-refractivity contribution is -0.384. The third kappa shape index (κ3) is 2.42. The van der Waals surface area contributed by atoms with Gasteiger partial charge in [-0.15, -0.1) is 21.8 Å². The van der Waals surface area contributed by atoms with Crippen molar-refractivity contribution in [2.24, 2.45) is 0 Å². The SMILES string of the molecule is CC(Cl)c1nnc(-c2cccc([N+](=O)[O-])c2)o1. The molecule has 1 aromatic heterocycles. The molecule has 0 saturated heterocycles. The maximum Gasteiger partial charge on any atom is 0.270 e. The normalized spacial score (nSPS) is 12.4. The van der Waals surface area contributed by atoms with Gasteiger partial charge in [0.05, 0.1) is 4.92 Å². The summed E-state index contributed by atoms with van der Waals surface area (Å²) in [6.45, 7) is 1.70. The van der Waals surface area contributed by atoms with Gasteiger partial charge in [-0.1, -0.05) is 6.07 Å². The quantitative estimate of drug-likeness (QED) is 0.477. The molecule has 1 heterocycles. The molecule has 0 fully saturated rings. The molecule has 7 heteroatoms. The van der Waals surface area contributed by atoms with Crippen LogP contribution >= 0.6 is 11.6 Å². The molecule has 0 N–H and O–H groups in total. The Kier molecular flexibility index (Phi) is 3.06. The Bertz CT molecular complexity index is 553. The van der Waals surface area contributed by atoms with Crippen LogP contribution in [0.15, 0.2) is 28.7 Å². The number of alkyl halides is 1. The number of halogens is 1. The first-order chi connectivity index (χ1) is 8.08. The van der Waals surface area contributed by atoms with Gasteiger partial charge < -0.3 is 4.42 Å². The first kappa shape index (κ1) is 11.5. The van der Waals surface area contributed by atoms with E-state index in [1.165, 1.54) is 12.1 Å². The Hall–Kier alpha value is -1.95. The van der Waals surface area contributed by atoms with Gasteiger partial charge in [-0.05, 0) is 13.0 Å². The molecule has 1 unspecified atom stereocenters. The van der Waals surface area contributed by atoms with Crippen LogP contribution in [0.5, 0.6) is 0 Å². The molecule has 1 atom stereocenters. The van der Waals surface area contributed by atoms with Crippen LogP contribution in [-0.4, -0.2) is 15.1 Å².